The number of ether oxygens (including phenoxy) is 1. The van der Waals surface area contributed by atoms with Gasteiger partial charge in [0.05, 0.1) is 12.4 Å². The Morgan fingerprint density at radius 3 is 2.53 bits per heavy atom. The van der Waals surface area contributed by atoms with Gasteiger partial charge in [-0.1, -0.05) is 26.0 Å². The predicted molar refractivity (Wildman–Crippen MR) is 78.0 cm³/mol. The van der Waals surface area contributed by atoms with Crippen molar-refractivity contribution < 1.29 is 13.2 Å². The maximum atomic E-state index is 10.8. The number of rotatable bonds is 7. The minimum absolute atomic E-state index is 0.0151. The Balaban J connectivity index is 2.51. The molecule has 0 fully saturated rings. The minimum atomic E-state index is -3.35. The van der Waals surface area contributed by atoms with E-state index in [4.69, 9.17) is 9.88 Å². The van der Waals surface area contributed by atoms with Crippen molar-refractivity contribution in [3.8, 4) is 5.75 Å². The molecule has 0 saturated heterocycles. The first-order valence-electron chi connectivity index (χ1n) is 6.53. The van der Waals surface area contributed by atoms with E-state index in [0.29, 0.717) is 25.4 Å². The standard InChI is InChI=1S/C14H23NO3S/c1-11(2)13-7-6-12(3)10-14(13)18-8-4-5-9-19(15,16)17/h6-7,10-11H,4-5,8-9H2,1-3H3,(H2,15,16,17). The summed E-state index contributed by atoms with van der Waals surface area (Å²) in [5.41, 5.74) is 2.33. The second-order valence-electron chi connectivity index (χ2n) is 5.12. The highest BCUT2D eigenvalue weighted by Crippen LogP contribution is 2.27. The summed E-state index contributed by atoms with van der Waals surface area (Å²) < 4.78 is 27.3. The molecule has 2 N–H and O–H groups in total. The van der Waals surface area contributed by atoms with Crippen LogP contribution < -0.4 is 9.88 Å². The number of hydrogen-bond donors (Lipinski definition) is 1. The van der Waals surface area contributed by atoms with E-state index in [0.717, 1.165) is 11.3 Å². The molecular formula is C14H23NO3S. The van der Waals surface area contributed by atoms with Crippen molar-refractivity contribution in [3.05, 3.63) is 29.3 Å². The van der Waals surface area contributed by atoms with Crippen LogP contribution in [0.25, 0.3) is 0 Å². The highest BCUT2D eigenvalue weighted by Gasteiger charge is 2.08. The van der Waals surface area contributed by atoms with Crippen LogP contribution in [-0.2, 0) is 10.0 Å². The zero-order chi connectivity index (χ0) is 14.5. The summed E-state index contributed by atoms with van der Waals surface area (Å²) in [7, 11) is -3.35. The van der Waals surface area contributed by atoms with Crippen molar-refractivity contribution in [2.24, 2.45) is 5.14 Å². The number of nitrogens with two attached hydrogens (primary N) is 1. The van der Waals surface area contributed by atoms with Crippen LogP contribution in [0.4, 0.5) is 0 Å². The van der Waals surface area contributed by atoms with Crippen molar-refractivity contribution in [2.45, 2.75) is 39.5 Å². The van der Waals surface area contributed by atoms with Crippen LogP contribution in [0.3, 0.4) is 0 Å². The normalized spacial score (nSPS) is 11.8. The largest absolute Gasteiger partial charge is 0.493 e. The maximum absolute atomic E-state index is 10.8. The molecule has 4 nitrogen and oxygen atoms in total. The molecule has 0 spiro atoms. The van der Waals surface area contributed by atoms with E-state index in [1.807, 2.05) is 13.0 Å². The monoisotopic (exact) mass is 285 g/mol. The first-order valence-corrected chi connectivity index (χ1v) is 8.25. The van der Waals surface area contributed by atoms with Crippen LogP contribution in [0, 0.1) is 6.92 Å². The first-order chi connectivity index (χ1) is 8.79. The topological polar surface area (TPSA) is 69.4 Å². The summed E-state index contributed by atoms with van der Waals surface area (Å²) in [6.45, 7) is 6.79. The molecule has 0 saturated carbocycles. The Labute approximate surface area is 116 Å². The van der Waals surface area contributed by atoms with Gasteiger partial charge in [0.2, 0.25) is 10.0 Å². The molecule has 0 unspecified atom stereocenters. The van der Waals surface area contributed by atoms with Gasteiger partial charge in [0, 0.05) is 0 Å². The van der Waals surface area contributed by atoms with E-state index in [1.165, 1.54) is 5.56 Å². The smallest absolute Gasteiger partial charge is 0.209 e. The van der Waals surface area contributed by atoms with Gasteiger partial charge in [0.15, 0.2) is 0 Å². The molecule has 108 valence electrons. The van der Waals surface area contributed by atoms with Crippen LogP contribution in [0.15, 0.2) is 18.2 Å². The van der Waals surface area contributed by atoms with E-state index in [-0.39, 0.29) is 5.75 Å². The molecule has 5 heteroatoms. The second kappa shape index (κ2) is 6.91. The fraction of sp³-hybridized carbons (Fsp3) is 0.571. The molecule has 0 heterocycles. The summed E-state index contributed by atoms with van der Waals surface area (Å²) in [5.74, 6) is 1.31. The molecule has 1 aromatic carbocycles. The number of aryl methyl sites for hydroxylation is 1. The van der Waals surface area contributed by atoms with E-state index in [9.17, 15) is 8.42 Å². The maximum Gasteiger partial charge on any atom is 0.209 e. The number of hydrogen-bond acceptors (Lipinski definition) is 3. The van der Waals surface area contributed by atoms with Gasteiger partial charge >= 0.3 is 0 Å². The fourth-order valence-electron chi connectivity index (χ4n) is 1.83. The Morgan fingerprint density at radius 1 is 1.26 bits per heavy atom. The molecule has 0 aromatic heterocycles. The van der Waals surface area contributed by atoms with Gasteiger partial charge in [-0.05, 0) is 42.9 Å². The van der Waals surface area contributed by atoms with Crippen LogP contribution in [-0.4, -0.2) is 20.8 Å². The molecule has 1 aromatic rings. The van der Waals surface area contributed by atoms with Gasteiger partial charge in [-0.2, -0.15) is 0 Å². The van der Waals surface area contributed by atoms with Crippen molar-refractivity contribution in [1.29, 1.82) is 0 Å². The summed E-state index contributed by atoms with van der Waals surface area (Å²) in [6.07, 6.45) is 1.21. The van der Waals surface area contributed by atoms with Gasteiger partial charge in [-0.3, -0.25) is 0 Å². The summed E-state index contributed by atoms with van der Waals surface area (Å²) in [5, 5.41) is 4.94. The fourth-order valence-corrected chi connectivity index (χ4v) is 2.44. The zero-order valence-electron chi connectivity index (χ0n) is 11.8. The number of sulfonamides is 1. The lowest BCUT2D eigenvalue weighted by Crippen LogP contribution is -2.16. The Morgan fingerprint density at radius 2 is 1.95 bits per heavy atom. The molecule has 1 rings (SSSR count). The van der Waals surface area contributed by atoms with Gasteiger partial charge in [-0.25, -0.2) is 13.6 Å². The number of unbranched alkanes of at least 4 members (excludes halogenated alkanes) is 1. The van der Waals surface area contributed by atoms with Crippen LogP contribution in [0.1, 0.15) is 43.7 Å². The molecule has 19 heavy (non-hydrogen) atoms. The average Bonchev–Trinajstić information content (AvgIpc) is 2.26. The third-order valence-electron chi connectivity index (χ3n) is 2.87. The molecule has 0 bridgehead atoms. The molecule has 0 aliphatic rings. The highest BCUT2D eigenvalue weighted by atomic mass is 32.2. The predicted octanol–water partition coefficient (Wildman–Crippen LogP) is 2.57. The van der Waals surface area contributed by atoms with Crippen molar-refractivity contribution in [2.75, 3.05) is 12.4 Å². The summed E-state index contributed by atoms with van der Waals surface area (Å²) in [4.78, 5) is 0. The molecular weight excluding hydrogens is 262 g/mol. The molecule has 0 radical (unpaired) electrons. The number of benzene rings is 1. The van der Waals surface area contributed by atoms with Crippen molar-refractivity contribution in [1.82, 2.24) is 0 Å². The third kappa shape index (κ3) is 6.07. The first kappa shape index (κ1) is 16.0. The minimum Gasteiger partial charge on any atom is -0.493 e. The summed E-state index contributed by atoms with van der Waals surface area (Å²) >= 11 is 0. The zero-order valence-corrected chi connectivity index (χ0v) is 12.7. The quantitative estimate of drug-likeness (QED) is 0.783. The average molecular weight is 285 g/mol. The summed E-state index contributed by atoms with van der Waals surface area (Å²) in [6, 6.07) is 6.18. The number of primary sulfonamides is 1. The van der Waals surface area contributed by atoms with E-state index in [2.05, 4.69) is 26.0 Å². The van der Waals surface area contributed by atoms with Crippen LogP contribution >= 0.6 is 0 Å². The Hall–Kier alpha value is -1.07. The lowest BCUT2D eigenvalue weighted by molar-refractivity contribution is 0.305. The van der Waals surface area contributed by atoms with Crippen LogP contribution in [0.5, 0.6) is 5.75 Å². The third-order valence-corrected chi connectivity index (χ3v) is 3.73. The van der Waals surface area contributed by atoms with E-state index >= 15 is 0 Å². The van der Waals surface area contributed by atoms with Crippen molar-refractivity contribution >= 4 is 10.0 Å². The lowest BCUT2D eigenvalue weighted by atomic mass is 10.0. The molecule has 0 atom stereocenters. The van der Waals surface area contributed by atoms with Gasteiger partial charge < -0.3 is 4.74 Å². The van der Waals surface area contributed by atoms with Gasteiger partial charge in [0.25, 0.3) is 0 Å². The lowest BCUT2D eigenvalue weighted by Gasteiger charge is -2.14. The van der Waals surface area contributed by atoms with Gasteiger partial charge in [-0.15, -0.1) is 0 Å². The van der Waals surface area contributed by atoms with E-state index < -0.39 is 10.0 Å². The Bertz CT molecular complexity index is 509. The highest BCUT2D eigenvalue weighted by molar-refractivity contribution is 7.89. The van der Waals surface area contributed by atoms with Gasteiger partial charge in [0.1, 0.15) is 5.75 Å². The SMILES string of the molecule is Cc1ccc(C(C)C)c(OCCCCS(N)(=O)=O)c1. The van der Waals surface area contributed by atoms with Crippen LogP contribution in [0.2, 0.25) is 0 Å². The second-order valence-corrected chi connectivity index (χ2v) is 6.85. The molecule has 0 amide bonds. The van der Waals surface area contributed by atoms with Crippen molar-refractivity contribution in [3.63, 3.8) is 0 Å². The van der Waals surface area contributed by atoms with E-state index in [1.54, 1.807) is 0 Å². The molecule has 0 aliphatic carbocycles. The molecule has 0 aliphatic heterocycles. The Kier molecular flexibility index (Phi) is 5.82.